The molecule has 1 aliphatic rings. The molecule has 1 fully saturated rings. The van der Waals surface area contributed by atoms with Crippen LogP contribution in [0.4, 0.5) is 5.82 Å². The number of carbonyl (C=O) groups is 1. The molecule has 11 nitrogen and oxygen atoms in total. The molecular formula is C17H25B3N6O5. The van der Waals surface area contributed by atoms with Crippen LogP contribution in [0.5, 0.6) is 0 Å². The molecular weight excluding hydrogens is 401 g/mol. The van der Waals surface area contributed by atoms with Crippen molar-refractivity contribution in [2.24, 2.45) is 11.7 Å². The van der Waals surface area contributed by atoms with E-state index in [1.54, 1.807) is 27.8 Å². The maximum Gasteiger partial charge on any atom is 0.323 e. The van der Waals surface area contributed by atoms with Crippen molar-refractivity contribution in [1.82, 2.24) is 14.6 Å². The van der Waals surface area contributed by atoms with Gasteiger partial charge in [0.2, 0.25) is 5.60 Å². The largest absolute Gasteiger partial charge is 0.455 e. The van der Waals surface area contributed by atoms with Crippen molar-refractivity contribution < 1.29 is 24.5 Å². The lowest BCUT2D eigenvalue weighted by Crippen LogP contribution is -2.53. The molecule has 3 rings (SSSR count). The van der Waals surface area contributed by atoms with Gasteiger partial charge in [-0.2, -0.15) is 10.4 Å². The molecule has 0 bridgehead atoms. The van der Waals surface area contributed by atoms with Gasteiger partial charge in [0.1, 0.15) is 59.7 Å². The Hall–Kier alpha value is -2.59. The summed E-state index contributed by atoms with van der Waals surface area (Å²) in [6, 6.07) is 2.64. The summed E-state index contributed by atoms with van der Waals surface area (Å²) in [5.74, 6) is -0.803. The summed E-state index contributed by atoms with van der Waals surface area (Å²) in [7, 11) is 4.61. The van der Waals surface area contributed by atoms with Crippen LogP contribution in [-0.4, -0.2) is 84.1 Å². The van der Waals surface area contributed by atoms with Crippen LogP contribution in [0.2, 0.25) is 0 Å². The Bertz CT molecular complexity index is 1050. The molecule has 162 valence electrons. The van der Waals surface area contributed by atoms with E-state index in [2.05, 4.69) is 10.1 Å². The molecule has 14 heteroatoms. The average molecular weight is 426 g/mol. The first kappa shape index (κ1) is 23.1. The van der Waals surface area contributed by atoms with Crippen LogP contribution >= 0.6 is 0 Å². The molecule has 0 saturated carbocycles. The number of aliphatic hydroxyl groups excluding tert-OH is 1. The van der Waals surface area contributed by atoms with Crippen LogP contribution in [0, 0.1) is 17.2 Å². The Morgan fingerprint density at radius 1 is 1.52 bits per heavy atom. The average Bonchev–Trinajstić information content (AvgIpc) is 3.17. The minimum atomic E-state index is -2.00. The first-order valence-electron chi connectivity index (χ1n) is 9.90. The molecule has 5 atom stereocenters. The lowest BCUT2D eigenvalue weighted by atomic mass is 9.61. The smallest absolute Gasteiger partial charge is 0.323 e. The van der Waals surface area contributed by atoms with E-state index in [4.69, 9.17) is 20.9 Å². The number of fused-ring (bicyclic) bond motifs is 1. The van der Waals surface area contributed by atoms with E-state index < -0.39 is 41.3 Å². The highest BCUT2D eigenvalue weighted by molar-refractivity contribution is 6.39. The van der Waals surface area contributed by atoms with Gasteiger partial charge >= 0.3 is 5.97 Å². The summed E-state index contributed by atoms with van der Waals surface area (Å²) in [5.41, 5.74) is 11.1. The van der Waals surface area contributed by atoms with Crippen molar-refractivity contribution in [2.75, 3.05) is 5.73 Å². The number of nitrogens with zero attached hydrogens (tertiary/aromatic N) is 4. The summed E-state index contributed by atoms with van der Waals surface area (Å²) >= 11 is 0. The van der Waals surface area contributed by atoms with Crippen molar-refractivity contribution in [1.29, 1.82) is 5.26 Å². The van der Waals surface area contributed by atoms with Crippen LogP contribution < -0.4 is 16.9 Å². The normalized spacial score (nSPS) is 27.3. The van der Waals surface area contributed by atoms with E-state index in [0.29, 0.717) is 11.0 Å². The Balaban J connectivity index is 2.13. The van der Waals surface area contributed by atoms with Crippen LogP contribution in [0.25, 0.3) is 5.52 Å². The zero-order chi connectivity index (χ0) is 23.3. The molecule has 6 N–H and O–H groups in total. The van der Waals surface area contributed by atoms with Crippen molar-refractivity contribution in [3.63, 3.8) is 0 Å². The predicted molar refractivity (Wildman–Crippen MR) is 118 cm³/mol. The quantitative estimate of drug-likeness (QED) is 0.267. The summed E-state index contributed by atoms with van der Waals surface area (Å²) in [5, 5.41) is 34.6. The molecule has 31 heavy (non-hydrogen) atoms. The van der Waals surface area contributed by atoms with Crippen LogP contribution in [-0.2, 0) is 19.9 Å². The standard InChI is InChI=1S/C17H25B3N6O5/c1-6(2)9(22)15(28)30-11-12(27)16(4-21,31-13(11)17(19,20)29)8-3-7(18)10-14(23)24-5-25-26(8)10/h3,5-6,9,11-13,27,29H,18-20,22H2,1-2H3,(H2,23,24,25)/t9-,11-,12+,13?,16-/m0/s1. The molecule has 0 spiro atoms. The Morgan fingerprint density at radius 3 is 2.71 bits per heavy atom. The van der Waals surface area contributed by atoms with Gasteiger partial charge in [0.05, 0.1) is 5.69 Å². The SMILES string of the molecule is Bc1cc([C@]2(C#N)OC(C(B)(B)O)[C@@H](OC(=O)[C@@H](N)C(C)C)[C@H]2O)n2ncnc(N)c12. The molecule has 1 unspecified atom stereocenters. The van der Waals surface area contributed by atoms with Gasteiger partial charge in [-0.1, -0.05) is 19.3 Å². The van der Waals surface area contributed by atoms with E-state index in [1.165, 1.54) is 26.5 Å². The van der Waals surface area contributed by atoms with E-state index in [-0.39, 0.29) is 17.4 Å². The highest BCUT2D eigenvalue weighted by Gasteiger charge is 2.62. The lowest BCUT2D eigenvalue weighted by Gasteiger charge is -2.31. The van der Waals surface area contributed by atoms with Crippen molar-refractivity contribution in [3.8, 4) is 6.07 Å². The maximum absolute atomic E-state index is 12.5. The molecule has 0 aromatic carbocycles. The van der Waals surface area contributed by atoms with Gasteiger partial charge in [0.25, 0.3) is 0 Å². The number of nitriles is 1. The summed E-state index contributed by atoms with van der Waals surface area (Å²) in [6.45, 7) is 3.50. The topological polar surface area (TPSA) is 182 Å². The highest BCUT2D eigenvalue weighted by Crippen LogP contribution is 2.43. The number of aromatic nitrogens is 3. The number of ether oxygens (including phenoxy) is 2. The number of carbonyl (C=O) groups excluding carboxylic acids is 1. The Morgan fingerprint density at radius 2 is 2.16 bits per heavy atom. The van der Waals surface area contributed by atoms with Gasteiger partial charge in [-0.25, -0.2) is 9.50 Å². The molecule has 0 amide bonds. The monoisotopic (exact) mass is 426 g/mol. The molecule has 1 saturated heterocycles. The van der Waals surface area contributed by atoms with Crippen LogP contribution in [0.3, 0.4) is 0 Å². The van der Waals surface area contributed by atoms with Gasteiger partial charge in [0, 0.05) is 5.40 Å². The first-order valence-corrected chi connectivity index (χ1v) is 9.90. The second kappa shape index (κ2) is 7.83. The number of nitrogens with two attached hydrogens (primary N) is 2. The van der Waals surface area contributed by atoms with Crippen molar-refractivity contribution in [2.45, 2.75) is 49.2 Å². The second-order valence-corrected chi connectivity index (χ2v) is 8.77. The molecule has 3 heterocycles. The third-order valence-electron chi connectivity index (χ3n) is 5.60. The summed E-state index contributed by atoms with van der Waals surface area (Å²) in [4.78, 5) is 16.5. The fraction of sp³-hybridized carbons (Fsp3) is 0.529. The third kappa shape index (κ3) is 3.67. The minimum Gasteiger partial charge on any atom is -0.455 e. The van der Waals surface area contributed by atoms with Crippen LogP contribution in [0.15, 0.2) is 12.4 Å². The maximum atomic E-state index is 12.5. The number of anilines is 1. The highest BCUT2D eigenvalue weighted by atomic mass is 16.6. The number of aliphatic hydroxyl groups is 2. The second-order valence-electron chi connectivity index (χ2n) is 8.77. The number of hydrogen-bond donors (Lipinski definition) is 4. The first-order chi connectivity index (χ1) is 14.3. The summed E-state index contributed by atoms with van der Waals surface area (Å²) in [6.07, 6.45) is -3.02. The molecule has 0 aliphatic carbocycles. The molecule has 2 aromatic rings. The Labute approximate surface area is 181 Å². The molecule has 0 radical (unpaired) electrons. The number of rotatable bonds is 5. The van der Waals surface area contributed by atoms with Gasteiger partial charge < -0.3 is 31.2 Å². The van der Waals surface area contributed by atoms with E-state index in [9.17, 15) is 20.3 Å². The van der Waals surface area contributed by atoms with Gasteiger partial charge in [-0.15, -0.1) is 0 Å². The van der Waals surface area contributed by atoms with E-state index in [0.717, 1.165) is 0 Å². The van der Waals surface area contributed by atoms with Gasteiger partial charge in [-0.3, -0.25) is 4.79 Å². The van der Waals surface area contributed by atoms with Gasteiger partial charge in [0.15, 0.2) is 11.9 Å². The molecule has 2 aromatic heterocycles. The van der Waals surface area contributed by atoms with E-state index in [1.807, 2.05) is 6.07 Å². The molecule has 1 aliphatic heterocycles. The number of nitrogen functional groups attached to an aromatic ring is 1. The zero-order valence-electron chi connectivity index (χ0n) is 18.1. The lowest BCUT2D eigenvalue weighted by molar-refractivity contribution is -0.161. The fourth-order valence-corrected chi connectivity index (χ4v) is 3.77. The predicted octanol–water partition coefficient (Wildman–Crippen LogP) is -5.14. The number of hydrogen-bond acceptors (Lipinski definition) is 10. The van der Waals surface area contributed by atoms with Crippen LogP contribution in [0.1, 0.15) is 19.5 Å². The van der Waals surface area contributed by atoms with Crippen molar-refractivity contribution >= 4 is 46.3 Å². The Kier molecular flexibility index (Phi) is 5.83. The zero-order valence-corrected chi connectivity index (χ0v) is 18.1. The summed E-state index contributed by atoms with van der Waals surface area (Å²) < 4.78 is 12.8. The van der Waals surface area contributed by atoms with Crippen molar-refractivity contribution in [3.05, 3.63) is 18.1 Å². The van der Waals surface area contributed by atoms with Gasteiger partial charge in [-0.05, 0) is 12.0 Å². The number of esters is 1. The fourth-order valence-electron chi connectivity index (χ4n) is 3.77. The minimum absolute atomic E-state index is 0.171. The third-order valence-corrected chi connectivity index (χ3v) is 5.60. The van der Waals surface area contributed by atoms with E-state index >= 15 is 0 Å².